The van der Waals surface area contributed by atoms with Crippen LogP contribution in [0.1, 0.15) is 32.1 Å². The van der Waals surface area contributed by atoms with Gasteiger partial charge in [0.15, 0.2) is 0 Å². The average Bonchev–Trinajstić information content (AvgIpc) is 2.14. The van der Waals surface area contributed by atoms with Crippen molar-refractivity contribution in [2.75, 3.05) is 25.4 Å². The summed E-state index contributed by atoms with van der Waals surface area (Å²) in [7, 11) is 0. The fourth-order valence-corrected chi connectivity index (χ4v) is 3.16. The van der Waals surface area contributed by atoms with Crippen molar-refractivity contribution in [3.63, 3.8) is 0 Å². The second-order valence-electron chi connectivity index (χ2n) is 4.74. The van der Waals surface area contributed by atoms with Crippen molar-refractivity contribution in [3.05, 3.63) is 0 Å². The number of hydrogen-bond acceptors (Lipinski definition) is 2. The van der Waals surface area contributed by atoms with E-state index in [1.54, 1.807) is 0 Å². The first-order chi connectivity index (χ1) is 6.38. The molecule has 1 nitrogen and oxygen atoms in total. The van der Waals surface area contributed by atoms with Crippen LogP contribution in [0.4, 0.5) is 0 Å². The second-order valence-corrected chi connectivity index (χ2v) is 5.18. The number of hydrogen-bond donors (Lipinski definition) is 1. The molecule has 2 heteroatoms. The molecule has 76 valence electrons. The Morgan fingerprint density at radius 3 is 2.46 bits per heavy atom. The van der Waals surface area contributed by atoms with Crippen LogP contribution in [-0.2, 0) is 0 Å². The quantitative estimate of drug-likeness (QED) is 0.683. The highest BCUT2D eigenvalue weighted by Crippen LogP contribution is 2.34. The van der Waals surface area contributed by atoms with E-state index >= 15 is 0 Å². The first-order valence-corrected chi connectivity index (χ1v) is 6.35. The van der Waals surface area contributed by atoms with Crippen molar-refractivity contribution in [3.8, 4) is 0 Å². The van der Waals surface area contributed by atoms with Gasteiger partial charge in [-0.3, -0.25) is 0 Å². The summed E-state index contributed by atoms with van der Waals surface area (Å²) in [5.41, 5.74) is 0. The average molecular weight is 199 g/mol. The summed E-state index contributed by atoms with van der Waals surface area (Å²) in [6, 6.07) is 0. The van der Waals surface area contributed by atoms with Gasteiger partial charge in [-0.1, -0.05) is 6.42 Å². The van der Waals surface area contributed by atoms with Crippen molar-refractivity contribution in [2.24, 2.45) is 11.8 Å². The van der Waals surface area contributed by atoms with Crippen LogP contribution in [-0.4, -0.2) is 30.3 Å². The number of likely N-dealkylation sites (tertiary alicyclic amines) is 1. The maximum Gasteiger partial charge on any atom is 0.000989 e. The van der Waals surface area contributed by atoms with Gasteiger partial charge in [0.25, 0.3) is 0 Å². The summed E-state index contributed by atoms with van der Waals surface area (Å²) in [4.78, 5) is 2.67. The van der Waals surface area contributed by atoms with Crippen LogP contribution < -0.4 is 0 Å². The minimum atomic E-state index is 1.03. The van der Waals surface area contributed by atoms with Crippen molar-refractivity contribution < 1.29 is 0 Å². The topological polar surface area (TPSA) is 3.24 Å². The molecule has 2 rings (SSSR count). The maximum absolute atomic E-state index is 4.28. The van der Waals surface area contributed by atoms with E-state index in [-0.39, 0.29) is 0 Å². The van der Waals surface area contributed by atoms with E-state index in [1.165, 1.54) is 51.7 Å². The standard InChI is InChI=1S/C11H21NS/c13-6-2-5-12-8-10-3-1-4-11(7-10)9-12/h10-11,13H,1-9H2. The van der Waals surface area contributed by atoms with Gasteiger partial charge < -0.3 is 4.90 Å². The van der Waals surface area contributed by atoms with E-state index in [4.69, 9.17) is 0 Å². The number of piperidine rings is 1. The lowest BCUT2D eigenvalue weighted by molar-refractivity contribution is 0.0867. The highest BCUT2D eigenvalue weighted by atomic mass is 32.1. The lowest BCUT2D eigenvalue weighted by atomic mass is 9.78. The molecule has 0 radical (unpaired) electrons. The summed E-state index contributed by atoms with van der Waals surface area (Å²) in [5.74, 6) is 3.12. The van der Waals surface area contributed by atoms with E-state index in [2.05, 4.69) is 17.5 Å². The molecule has 0 aromatic heterocycles. The molecule has 1 aliphatic heterocycles. The van der Waals surface area contributed by atoms with Crippen LogP contribution in [0.15, 0.2) is 0 Å². The molecule has 13 heavy (non-hydrogen) atoms. The summed E-state index contributed by atoms with van der Waals surface area (Å²) in [5, 5.41) is 0. The summed E-state index contributed by atoms with van der Waals surface area (Å²) in [6.07, 6.45) is 7.28. The first kappa shape index (κ1) is 9.85. The van der Waals surface area contributed by atoms with E-state index in [0.29, 0.717) is 0 Å². The van der Waals surface area contributed by atoms with Crippen molar-refractivity contribution in [2.45, 2.75) is 32.1 Å². The molecule has 0 aromatic carbocycles. The number of thiol groups is 1. The highest BCUT2D eigenvalue weighted by molar-refractivity contribution is 7.80. The SMILES string of the molecule is SCCCN1CC2CCCC(C2)C1. The van der Waals surface area contributed by atoms with Crippen LogP contribution in [0.25, 0.3) is 0 Å². The molecule has 2 atom stereocenters. The fourth-order valence-electron chi connectivity index (χ4n) is 3.02. The molecule has 2 aliphatic rings. The molecule has 1 saturated carbocycles. The Kier molecular flexibility index (Phi) is 3.56. The molecule has 0 amide bonds. The van der Waals surface area contributed by atoms with Gasteiger partial charge in [0.2, 0.25) is 0 Å². The Morgan fingerprint density at radius 2 is 1.85 bits per heavy atom. The van der Waals surface area contributed by atoms with E-state index in [1.807, 2.05) is 0 Å². The largest absolute Gasteiger partial charge is 0.303 e. The Bertz CT molecular complexity index is 148. The molecule has 2 unspecified atom stereocenters. The molecule has 2 fully saturated rings. The van der Waals surface area contributed by atoms with Crippen LogP contribution in [0.3, 0.4) is 0 Å². The van der Waals surface area contributed by atoms with Gasteiger partial charge in [0, 0.05) is 13.1 Å². The van der Waals surface area contributed by atoms with Gasteiger partial charge >= 0.3 is 0 Å². The number of fused-ring (bicyclic) bond motifs is 2. The number of rotatable bonds is 3. The molecule has 1 heterocycles. The second kappa shape index (κ2) is 4.70. The van der Waals surface area contributed by atoms with Crippen LogP contribution in [0.5, 0.6) is 0 Å². The third-order valence-corrected chi connectivity index (χ3v) is 3.87. The molecule has 2 bridgehead atoms. The minimum Gasteiger partial charge on any atom is -0.303 e. The van der Waals surface area contributed by atoms with Crippen LogP contribution >= 0.6 is 12.6 Å². The van der Waals surface area contributed by atoms with Gasteiger partial charge in [0.1, 0.15) is 0 Å². The molecular formula is C11H21NS. The third-order valence-electron chi connectivity index (χ3n) is 3.56. The lowest BCUT2D eigenvalue weighted by Crippen LogP contribution is -2.43. The summed E-state index contributed by atoms with van der Waals surface area (Å²) in [6.45, 7) is 4.05. The van der Waals surface area contributed by atoms with Crippen molar-refractivity contribution in [1.29, 1.82) is 0 Å². The van der Waals surface area contributed by atoms with Gasteiger partial charge in [-0.25, -0.2) is 0 Å². The Morgan fingerprint density at radius 1 is 1.15 bits per heavy atom. The van der Waals surface area contributed by atoms with E-state index in [9.17, 15) is 0 Å². The fraction of sp³-hybridized carbons (Fsp3) is 1.00. The van der Waals surface area contributed by atoms with Crippen molar-refractivity contribution in [1.82, 2.24) is 4.90 Å². The zero-order valence-corrected chi connectivity index (χ0v) is 9.31. The summed E-state index contributed by atoms with van der Waals surface area (Å²) >= 11 is 4.28. The van der Waals surface area contributed by atoms with Gasteiger partial charge in [0.05, 0.1) is 0 Å². The minimum absolute atomic E-state index is 1.03. The highest BCUT2D eigenvalue weighted by Gasteiger charge is 2.29. The molecule has 0 aromatic rings. The molecule has 1 aliphatic carbocycles. The van der Waals surface area contributed by atoms with E-state index < -0.39 is 0 Å². The smallest absolute Gasteiger partial charge is 0.000989 e. The molecular weight excluding hydrogens is 178 g/mol. The predicted octanol–water partition coefficient (Wildman–Crippen LogP) is 2.43. The Hall–Kier alpha value is 0.310. The van der Waals surface area contributed by atoms with Gasteiger partial charge in [-0.2, -0.15) is 12.6 Å². The zero-order chi connectivity index (χ0) is 9.10. The monoisotopic (exact) mass is 199 g/mol. The summed E-state index contributed by atoms with van der Waals surface area (Å²) < 4.78 is 0. The van der Waals surface area contributed by atoms with Gasteiger partial charge in [-0.15, -0.1) is 0 Å². The van der Waals surface area contributed by atoms with E-state index in [0.717, 1.165) is 17.6 Å². The number of nitrogens with zero attached hydrogens (tertiary/aromatic N) is 1. The van der Waals surface area contributed by atoms with Crippen LogP contribution in [0, 0.1) is 11.8 Å². The molecule has 0 spiro atoms. The van der Waals surface area contributed by atoms with Crippen LogP contribution in [0.2, 0.25) is 0 Å². The zero-order valence-electron chi connectivity index (χ0n) is 8.41. The molecule has 0 N–H and O–H groups in total. The van der Waals surface area contributed by atoms with Crippen molar-refractivity contribution >= 4 is 12.6 Å². The Labute approximate surface area is 87.3 Å². The normalized spacial score (nSPS) is 34.8. The molecule has 1 saturated heterocycles. The third kappa shape index (κ3) is 2.63. The Balaban J connectivity index is 1.80. The maximum atomic E-state index is 4.28. The van der Waals surface area contributed by atoms with Gasteiger partial charge in [-0.05, 0) is 49.8 Å². The lowest BCUT2D eigenvalue weighted by Gasteiger charge is -2.41. The first-order valence-electron chi connectivity index (χ1n) is 5.71. The predicted molar refractivity (Wildman–Crippen MR) is 60.4 cm³/mol.